The normalized spacial score (nSPS) is 11.4. The van der Waals surface area contributed by atoms with Gasteiger partial charge < -0.3 is 10.1 Å². The van der Waals surface area contributed by atoms with Crippen LogP contribution in [0, 0.1) is 0 Å². The number of fused-ring (bicyclic) bond motifs is 2. The van der Waals surface area contributed by atoms with Crippen molar-refractivity contribution < 1.29 is 5.11 Å². The van der Waals surface area contributed by atoms with Crippen molar-refractivity contribution in [2.75, 3.05) is 0 Å². The third kappa shape index (κ3) is 2.91. The molecule has 0 atom stereocenters. The summed E-state index contributed by atoms with van der Waals surface area (Å²) in [5.74, 6) is 0.103. The van der Waals surface area contributed by atoms with Crippen LogP contribution in [0.5, 0.6) is 5.75 Å². The Morgan fingerprint density at radius 2 is 1.71 bits per heavy atom. The standard InChI is InChI=1S/C24H16N6O/c31-16-10-15(12-26-13-16)19-4-5-21-23(28-19)24(30-29-21)22-11-18-17(2-1-3-20(18)27-22)14-6-8-25-9-7-14/h1-13,27,31H,(H,29,30). The van der Waals surface area contributed by atoms with Crippen molar-refractivity contribution in [2.24, 2.45) is 0 Å². The molecule has 31 heavy (non-hydrogen) atoms. The number of H-pyrrole nitrogens is 2. The molecule has 5 aromatic heterocycles. The van der Waals surface area contributed by atoms with Crippen molar-refractivity contribution in [1.29, 1.82) is 0 Å². The fraction of sp³-hybridized carbons (Fsp3) is 0. The molecule has 0 aliphatic heterocycles. The SMILES string of the molecule is Oc1cncc(-c2ccc3[nH]nc(-c4cc5c(-c6ccncc6)cccc5[nH]4)c3n2)c1. The predicted molar refractivity (Wildman–Crippen MR) is 119 cm³/mol. The zero-order valence-electron chi connectivity index (χ0n) is 16.2. The van der Waals surface area contributed by atoms with Gasteiger partial charge in [0.2, 0.25) is 0 Å². The highest BCUT2D eigenvalue weighted by atomic mass is 16.3. The van der Waals surface area contributed by atoms with Crippen molar-refractivity contribution in [3.05, 3.63) is 79.4 Å². The second-order valence-electron chi connectivity index (χ2n) is 7.28. The predicted octanol–water partition coefficient (Wildman–Crippen LogP) is 4.94. The van der Waals surface area contributed by atoms with Gasteiger partial charge in [-0.25, -0.2) is 4.98 Å². The van der Waals surface area contributed by atoms with Crippen LogP contribution in [0.3, 0.4) is 0 Å². The van der Waals surface area contributed by atoms with Gasteiger partial charge in [-0.2, -0.15) is 5.10 Å². The van der Waals surface area contributed by atoms with Gasteiger partial charge in [-0.05, 0) is 53.6 Å². The number of benzene rings is 1. The topological polar surface area (TPSA) is 103 Å². The van der Waals surface area contributed by atoms with Crippen LogP contribution in [-0.2, 0) is 0 Å². The quantitative estimate of drug-likeness (QED) is 0.388. The molecular weight excluding hydrogens is 388 g/mol. The molecule has 148 valence electrons. The maximum Gasteiger partial charge on any atom is 0.135 e. The number of nitrogens with one attached hydrogen (secondary N) is 2. The monoisotopic (exact) mass is 404 g/mol. The molecule has 0 saturated heterocycles. The summed E-state index contributed by atoms with van der Waals surface area (Å²) in [5, 5.41) is 18.5. The van der Waals surface area contributed by atoms with Gasteiger partial charge in [-0.1, -0.05) is 12.1 Å². The van der Waals surface area contributed by atoms with E-state index in [9.17, 15) is 5.11 Å². The van der Waals surface area contributed by atoms with E-state index in [4.69, 9.17) is 4.98 Å². The molecule has 0 unspecified atom stereocenters. The first-order chi connectivity index (χ1) is 15.3. The van der Waals surface area contributed by atoms with Crippen LogP contribution in [0.2, 0.25) is 0 Å². The number of aromatic hydroxyl groups is 1. The lowest BCUT2D eigenvalue weighted by molar-refractivity contribution is 0.473. The Labute approximate surface area is 176 Å². The smallest absolute Gasteiger partial charge is 0.135 e. The van der Waals surface area contributed by atoms with Crippen molar-refractivity contribution in [1.82, 2.24) is 30.1 Å². The average Bonchev–Trinajstić information content (AvgIpc) is 3.43. The largest absolute Gasteiger partial charge is 0.506 e. The fourth-order valence-corrected chi connectivity index (χ4v) is 3.88. The minimum absolute atomic E-state index is 0.103. The van der Waals surface area contributed by atoms with Gasteiger partial charge in [0.1, 0.15) is 17.0 Å². The van der Waals surface area contributed by atoms with E-state index in [0.717, 1.165) is 50.0 Å². The van der Waals surface area contributed by atoms with Crippen molar-refractivity contribution in [3.8, 4) is 39.5 Å². The number of aromatic amines is 2. The van der Waals surface area contributed by atoms with E-state index in [1.54, 1.807) is 24.7 Å². The lowest BCUT2D eigenvalue weighted by atomic mass is 10.0. The number of aromatic nitrogens is 6. The molecule has 7 nitrogen and oxygen atoms in total. The molecule has 7 heteroatoms. The van der Waals surface area contributed by atoms with E-state index < -0.39 is 0 Å². The molecule has 3 N–H and O–H groups in total. The summed E-state index contributed by atoms with van der Waals surface area (Å²) in [5.41, 5.74) is 7.91. The number of nitrogens with zero attached hydrogens (tertiary/aromatic N) is 4. The van der Waals surface area contributed by atoms with E-state index in [0.29, 0.717) is 5.69 Å². The summed E-state index contributed by atoms with van der Waals surface area (Å²) in [7, 11) is 0. The molecule has 0 radical (unpaired) electrons. The van der Waals surface area contributed by atoms with Gasteiger partial charge in [0.15, 0.2) is 0 Å². The number of pyridine rings is 3. The van der Waals surface area contributed by atoms with E-state index >= 15 is 0 Å². The maximum atomic E-state index is 9.76. The summed E-state index contributed by atoms with van der Waals surface area (Å²) in [6.45, 7) is 0. The van der Waals surface area contributed by atoms with E-state index in [1.165, 1.54) is 6.20 Å². The van der Waals surface area contributed by atoms with Crippen LogP contribution in [0.4, 0.5) is 0 Å². The number of rotatable bonds is 3. The van der Waals surface area contributed by atoms with Gasteiger partial charge in [0, 0.05) is 35.1 Å². The van der Waals surface area contributed by atoms with Gasteiger partial charge in [0.05, 0.1) is 23.1 Å². The van der Waals surface area contributed by atoms with E-state index in [-0.39, 0.29) is 5.75 Å². The molecule has 0 saturated carbocycles. The number of hydrogen-bond donors (Lipinski definition) is 3. The van der Waals surface area contributed by atoms with Crippen molar-refractivity contribution in [2.45, 2.75) is 0 Å². The van der Waals surface area contributed by atoms with Crippen LogP contribution in [0.15, 0.2) is 79.4 Å². The molecule has 6 aromatic rings. The third-order valence-electron chi connectivity index (χ3n) is 5.34. The highest BCUT2D eigenvalue weighted by Crippen LogP contribution is 2.34. The minimum atomic E-state index is 0.103. The first-order valence-corrected chi connectivity index (χ1v) is 9.78. The Kier molecular flexibility index (Phi) is 3.79. The van der Waals surface area contributed by atoms with E-state index in [1.807, 2.05) is 30.3 Å². The zero-order chi connectivity index (χ0) is 20.8. The summed E-state index contributed by atoms with van der Waals surface area (Å²) in [6, 6.07) is 17.8. The Bertz CT molecular complexity index is 1550. The van der Waals surface area contributed by atoms with Crippen LogP contribution < -0.4 is 0 Å². The number of hydrogen-bond acceptors (Lipinski definition) is 5. The molecule has 0 aliphatic carbocycles. The molecule has 0 bridgehead atoms. The first-order valence-electron chi connectivity index (χ1n) is 9.78. The average molecular weight is 404 g/mol. The summed E-state index contributed by atoms with van der Waals surface area (Å²) < 4.78 is 0. The van der Waals surface area contributed by atoms with Crippen LogP contribution >= 0.6 is 0 Å². The molecule has 0 fully saturated rings. The maximum absolute atomic E-state index is 9.76. The summed E-state index contributed by atoms with van der Waals surface area (Å²) in [6.07, 6.45) is 6.67. The van der Waals surface area contributed by atoms with Crippen LogP contribution in [0.1, 0.15) is 0 Å². The Morgan fingerprint density at radius 3 is 2.58 bits per heavy atom. The lowest BCUT2D eigenvalue weighted by Crippen LogP contribution is -1.86. The molecular formula is C24H16N6O. The summed E-state index contributed by atoms with van der Waals surface area (Å²) >= 11 is 0. The van der Waals surface area contributed by atoms with Gasteiger partial charge >= 0.3 is 0 Å². The van der Waals surface area contributed by atoms with Crippen LogP contribution in [0.25, 0.3) is 55.7 Å². The third-order valence-corrected chi connectivity index (χ3v) is 5.34. The highest BCUT2D eigenvalue weighted by Gasteiger charge is 2.15. The van der Waals surface area contributed by atoms with Crippen molar-refractivity contribution in [3.63, 3.8) is 0 Å². The first kappa shape index (κ1) is 17.3. The van der Waals surface area contributed by atoms with Gasteiger partial charge in [-0.15, -0.1) is 0 Å². The Balaban J connectivity index is 1.51. The molecule has 0 aliphatic rings. The second-order valence-corrected chi connectivity index (χ2v) is 7.28. The van der Waals surface area contributed by atoms with Crippen molar-refractivity contribution >= 4 is 21.9 Å². The van der Waals surface area contributed by atoms with Crippen LogP contribution in [-0.4, -0.2) is 35.2 Å². The van der Waals surface area contributed by atoms with E-state index in [2.05, 4.69) is 43.3 Å². The Morgan fingerprint density at radius 1 is 0.806 bits per heavy atom. The lowest BCUT2D eigenvalue weighted by Gasteiger charge is -2.02. The molecule has 0 spiro atoms. The molecule has 1 aromatic carbocycles. The Hall–Kier alpha value is -4.52. The van der Waals surface area contributed by atoms with Gasteiger partial charge in [-0.3, -0.25) is 15.1 Å². The molecule has 5 heterocycles. The molecule has 0 amide bonds. The molecule has 6 rings (SSSR count). The minimum Gasteiger partial charge on any atom is -0.506 e. The fourth-order valence-electron chi connectivity index (χ4n) is 3.88. The second kappa shape index (κ2) is 6.77. The zero-order valence-corrected chi connectivity index (χ0v) is 16.2. The van der Waals surface area contributed by atoms with Gasteiger partial charge in [0.25, 0.3) is 0 Å². The highest BCUT2D eigenvalue weighted by molar-refractivity contribution is 6.00. The summed E-state index contributed by atoms with van der Waals surface area (Å²) in [4.78, 5) is 16.5.